The molecule has 0 heterocycles. The summed E-state index contributed by atoms with van der Waals surface area (Å²) in [6.45, 7) is 0. The Morgan fingerprint density at radius 1 is 1.40 bits per heavy atom. The van der Waals surface area contributed by atoms with Crippen LogP contribution < -0.4 is 0 Å². The predicted molar refractivity (Wildman–Crippen MR) is 56.9 cm³/mol. The van der Waals surface area contributed by atoms with Crippen LogP contribution >= 0.6 is 23.2 Å². The third-order valence-electron chi connectivity index (χ3n) is 1.82. The maximum absolute atomic E-state index is 10.6. The highest BCUT2D eigenvalue weighted by atomic mass is 35.5. The average Bonchev–Trinajstić information content (AvgIpc) is 2.12. The largest absolute Gasteiger partial charge is 0.480 e. The van der Waals surface area contributed by atoms with Crippen LogP contribution in [-0.4, -0.2) is 11.1 Å². The molecule has 1 aromatic carbocycles. The predicted octanol–water partition coefficient (Wildman–Crippen LogP) is 2.76. The van der Waals surface area contributed by atoms with Crippen LogP contribution in [0.1, 0.15) is 5.56 Å². The van der Waals surface area contributed by atoms with E-state index in [1.807, 2.05) is 0 Å². The van der Waals surface area contributed by atoms with Gasteiger partial charge in [0, 0.05) is 10.0 Å². The first-order chi connectivity index (χ1) is 7.02. The van der Waals surface area contributed by atoms with Crippen molar-refractivity contribution in [2.45, 2.75) is 6.42 Å². The van der Waals surface area contributed by atoms with Crippen LogP contribution in [0.2, 0.25) is 10.0 Å². The molecule has 1 atom stereocenters. The Morgan fingerprint density at radius 3 is 2.33 bits per heavy atom. The summed E-state index contributed by atoms with van der Waals surface area (Å²) in [6, 6.07) is 6.45. The topological polar surface area (TPSA) is 61.1 Å². The molecular weight excluding hydrogens is 237 g/mol. The summed E-state index contributed by atoms with van der Waals surface area (Å²) in [4.78, 5) is 10.6. The Hall–Kier alpha value is -1.24. The van der Waals surface area contributed by atoms with Crippen molar-refractivity contribution >= 4 is 29.2 Å². The number of benzene rings is 1. The minimum atomic E-state index is -1.14. The zero-order valence-electron chi connectivity index (χ0n) is 7.58. The Morgan fingerprint density at radius 2 is 1.93 bits per heavy atom. The second kappa shape index (κ2) is 5.01. The van der Waals surface area contributed by atoms with Crippen LogP contribution in [0.4, 0.5) is 0 Å². The van der Waals surface area contributed by atoms with E-state index in [1.54, 1.807) is 24.3 Å². The van der Waals surface area contributed by atoms with Gasteiger partial charge in [0.25, 0.3) is 0 Å². The average molecular weight is 244 g/mol. The maximum atomic E-state index is 10.6. The molecule has 0 aliphatic carbocycles. The number of carboxylic acid groups (broad SMARTS) is 1. The van der Waals surface area contributed by atoms with Crippen LogP contribution in [0.3, 0.4) is 0 Å². The van der Waals surface area contributed by atoms with Gasteiger partial charge in [-0.3, -0.25) is 4.79 Å². The summed E-state index contributed by atoms with van der Waals surface area (Å²) < 4.78 is 0. The van der Waals surface area contributed by atoms with Crippen molar-refractivity contribution in [1.82, 2.24) is 0 Å². The molecule has 1 unspecified atom stereocenters. The number of hydrogen-bond acceptors (Lipinski definition) is 2. The second-order valence-corrected chi connectivity index (χ2v) is 3.87. The van der Waals surface area contributed by atoms with E-state index >= 15 is 0 Å². The summed E-state index contributed by atoms with van der Waals surface area (Å²) in [5, 5.41) is 18.1. The van der Waals surface area contributed by atoms with E-state index in [2.05, 4.69) is 0 Å². The zero-order valence-corrected chi connectivity index (χ0v) is 9.09. The lowest BCUT2D eigenvalue weighted by molar-refractivity contribution is -0.139. The van der Waals surface area contributed by atoms with E-state index in [9.17, 15) is 4.79 Å². The van der Waals surface area contributed by atoms with E-state index in [4.69, 9.17) is 33.6 Å². The Kier molecular flexibility index (Phi) is 3.96. The summed E-state index contributed by atoms with van der Waals surface area (Å²) >= 11 is 11.5. The smallest absolute Gasteiger partial charge is 0.321 e. The second-order valence-electron chi connectivity index (χ2n) is 3.00. The van der Waals surface area contributed by atoms with Crippen molar-refractivity contribution < 1.29 is 9.90 Å². The summed E-state index contributed by atoms with van der Waals surface area (Å²) in [6.07, 6.45) is 0.103. The van der Waals surface area contributed by atoms with Gasteiger partial charge in [-0.25, -0.2) is 0 Å². The van der Waals surface area contributed by atoms with Crippen LogP contribution in [0.25, 0.3) is 0 Å². The van der Waals surface area contributed by atoms with E-state index in [1.165, 1.54) is 0 Å². The van der Waals surface area contributed by atoms with Crippen molar-refractivity contribution in [3.8, 4) is 6.07 Å². The molecular formula is C10H7Cl2NO2. The number of nitriles is 1. The van der Waals surface area contributed by atoms with Crippen molar-refractivity contribution in [2.24, 2.45) is 5.92 Å². The third-order valence-corrected chi connectivity index (χ3v) is 2.25. The van der Waals surface area contributed by atoms with Gasteiger partial charge in [0.1, 0.15) is 5.92 Å². The number of nitrogens with zero attached hydrogens (tertiary/aromatic N) is 1. The van der Waals surface area contributed by atoms with E-state index in [-0.39, 0.29) is 6.42 Å². The lowest BCUT2D eigenvalue weighted by Crippen LogP contribution is -2.14. The molecule has 15 heavy (non-hydrogen) atoms. The fourth-order valence-corrected chi connectivity index (χ4v) is 1.72. The van der Waals surface area contributed by atoms with E-state index in [0.717, 1.165) is 0 Å². The quantitative estimate of drug-likeness (QED) is 0.889. The fourth-order valence-electron chi connectivity index (χ4n) is 1.15. The van der Waals surface area contributed by atoms with Gasteiger partial charge in [0.05, 0.1) is 6.07 Å². The minimum Gasteiger partial charge on any atom is -0.480 e. The molecule has 1 aromatic rings. The molecule has 0 aliphatic rings. The fraction of sp³-hybridized carbons (Fsp3) is 0.200. The first-order valence-corrected chi connectivity index (χ1v) is 4.86. The van der Waals surface area contributed by atoms with Gasteiger partial charge in [-0.1, -0.05) is 23.2 Å². The minimum absolute atomic E-state index is 0.103. The van der Waals surface area contributed by atoms with Gasteiger partial charge in [-0.15, -0.1) is 0 Å². The molecule has 0 amide bonds. The molecule has 1 rings (SSSR count). The molecule has 0 fully saturated rings. The van der Waals surface area contributed by atoms with Crippen LogP contribution in [-0.2, 0) is 11.2 Å². The van der Waals surface area contributed by atoms with Crippen LogP contribution in [0.15, 0.2) is 18.2 Å². The van der Waals surface area contributed by atoms with E-state index < -0.39 is 11.9 Å². The van der Waals surface area contributed by atoms with Crippen molar-refractivity contribution in [3.05, 3.63) is 33.8 Å². The van der Waals surface area contributed by atoms with Gasteiger partial charge in [-0.2, -0.15) is 5.26 Å². The molecule has 0 saturated heterocycles. The van der Waals surface area contributed by atoms with Crippen molar-refractivity contribution in [3.63, 3.8) is 0 Å². The molecule has 0 bridgehead atoms. The first-order valence-electron chi connectivity index (χ1n) is 4.10. The monoisotopic (exact) mass is 243 g/mol. The van der Waals surface area contributed by atoms with Crippen LogP contribution in [0.5, 0.6) is 0 Å². The highest BCUT2D eigenvalue weighted by Crippen LogP contribution is 2.21. The Labute approximate surface area is 96.8 Å². The molecule has 0 spiro atoms. The molecule has 5 heteroatoms. The number of hydrogen-bond donors (Lipinski definition) is 1. The normalized spacial score (nSPS) is 11.8. The van der Waals surface area contributed by atoms with Crippen LogP contribution in [0, 0.1) is 17.2 Å². The number of aliphatic carboxylic acids is 1. The van der Waals surface area contributed by atoms with Gasteiger partial charge in [-0.05, 0) is 30.2 Å². The van der Waals surface area contributed by atoms with Gasteiger partial charge < -0.3 is 5.11 Å². The Balaban J connectivity index is 2.89. The molecule has 0 radical (unpaired) electrons. The lowest BCUT2D eigenvalue weighted by Gasteiger charge is -2.05. The highest BCUT2D eigenvalue weighted by molar-refractivity contribution is 6.34. The number of carbonyl (C=O) groups is 1. The molecule has 3 nitrogen and oxygen atoms in total. The number of rotatable bonds is 3. The number of carboxylic acids is 1. The summed E-state index contributed by atoms with van der Waals surface area (Å²) in [7, 11) is 0. The van der Waals surface area contributed by atoms with Gasteiger partial charge in [0.2, 0.25) is 0 Å². The molecule has 0 aliphatic heterocycles. The Bertz CT molecular complexity index is 406. The van der Waals surface area contributed by atoms with Gasteiger partial charge >= 0.3 is 5.97 Å². The molecule has 78 valence electrons. The van der Waals surface area contributed by atoms with E-state index in [0.29, 0.717) is 15.6 Å². The molecule has 1 N–H and O–H groups in total. The van der Waals surface area contributed by atoms with Crippen molar-refractivity contribution in [1.29, 1.82) is 5.26 Å². The zero-order chi connectivity index (χ0) is 11.4. The number of halogens is 2. The first kappa shape index (κ1) is 11.8. The molecule has 0 aromatic heterocycles. The summed E-state index contributed by atoms with van der Waals surface area (Å²) in [5.41, 5.74) is 0.640. The van der Waals surface area contributed by atoms with Gasteiger partial charge in [0.15, 0.2) is 0 Å². The van der Waals surface area contributed by atoms with Crippen molar-refractivity contribution in [2.75, 3.05) is 0 Å². The standard InChI is InChI=1S/C10H7Cl2NO2/c11-8-2-6(3-9(12)4-8)1-7(5-13)10(14)15/h2-4,7H,1H2,(H,14,15). The maximum Gasteiger partial charge on any atom is 0.321 e. The SMILES string of the molecule is N#CC(Cc1cc(Cl)cc(Cl)c1)C(=O)O. The third kappa shape index (κ3) is 3.43. The lowest BCUT2D eigenvalue weighted by atomic mass is 10.0. The summed E-state index contributed by atoms with van der Waals surface area (Å²) in [5.74, 6) is -2.21. The molecule has 0 saturated carbocycles. The highest BCUT2D eigenvalue weighted by Gasteiger charge is 2.17.